The molecular formula is C21H34N4O. The van der Waals surface area contributed by atoms with Crippen molar-refractivity contribution in [3.63, 3.8) is 0 Å². The van der Waals surface area contributed by atoms with E-state index in [9.17, 15) is 0 Å². The van der Waals surface area contributed by atoms with E-state index in [1.165, 1.54) is 24.8 Å². The number of benzene rings is 1. The molecule has 0 radical (unpaired) electrons. The zero-order chi connectivity index (χ0) is 18.8. The molecule has 1 aromatic rings. The Labute approximate surface area is 158 Å². The zero-order valence-electron chi connectivity index (χ0n) is 16.5. The molecule has 1 aromatic carbocycles. The number of guanidine groups is 1. The molecule has 0 aliphatic carbocycles. The predicted molar refractivity (Wildman–Crippen MR) is 110 cm³/mol. The Kier molecular flexibility index (Phi) is 8.48. The van der Waals surface area contributed by atoms with Gasteiger partial charge in [-0.2, -0.15) is 0 Å². The summed E-state index contributed by atoms with van der Waals surface area (Å²) in [7, 11) is 0. The van der Waals surface area contributed by atoms with E-state index in [4.69, 9.17) is 15.5 Å². The van der Waals surface area contributed by atoms with E-state index in [1.54, 1.807) is 0 Å². The van der Waals surface area contributed by atoms with Crippen molar-refractivity contribution in [2.45, 2.75) is 52.5 Å². The van der Waals surface area contributed by atoms with Crippen LogP contribution < -0.4 is 15.8 Å². The highest BCUT2D eigenvalue weighted by Gasteiger charge is 2.21. The number of likely N-dealkylation sites (tertiary alicyclic amines) is 1. The molecule has 1 atom stereocenters. The lowest BCUT2D eigenvalue weighted by Gasteiger charge is -2.36. The minimum Gasteiger partial charge on any atom is -0.490 e. The fourth-order valence-electron chi connectivity index (χ4n) is 2.96. The number of nitrogens with zero attached hydrogens (tertiary/aromatic N) is 2. The monoisotopic (exact) mass is 358 g/mol. The van der Waals surface area contributed by atoms with Gasteiger partial charge in [0, 0.05) is 19.1 Å². The summed E-state index contributed by atoms with van der Waals surface area (Å²) in [5.41, 5.74) is 7.83. The van der Waals surface area contributed by atoms with Crippen molar-refractivity contribution in [1.82, 2.24) is 10.2 Å². The zero-order valence-corrected chi connectivity index (χ0v) is 16.5. The van der Waals surface area contributed by atoms with Crippen molar-refractivity contribution < 1.29 is 4.74 Å². The van der Waals surface area contributed by atoms with Crippen LogP contribution in [0.25, 0.3) is 0 Å². The second kappa shape index (κ2) is 10.9. The van der Waals surface area contributed by atoms with Gasteiger partial charge in [-0.05, 0) is 83.3 Å². The van der Waals surface area contributed by atoms with Crippen molar-refractivity contribution in [2.75, 3.05) is 26.2 Å². The van der Waals surface area contributed by atoms with E-state index in [1.807, 2.05) is 24.3 Å². The number of nitrogens with two attached hydrogens (primary N) is 1. The summed E-state index contributed by atoms with van der Waals surface area (Å²) in [5.74, 6) is 1.83. The van der Waals surface area contributed by atoms with Crippen LogP contribution in [0.4, 0.5) is 5.69 Å². The van der Waals surface area contributed by atoms with E-state index in [-0.39, 0.29) is 0 Å². The molecule has 1 heterocycles. The molecule has 0 saturated carbocycles. The van der Waals surface area contributed by atoms with Gasteiger partial charge >= 0.3 is 0 Å². The lowest BCUT2D eigenvalue weighted by atomic mass is 10.0. The van der Waals surface area contributed by atoms with Crippen molar-refractivity contribution in [2.24, 2.45) is 10.7 Å². The second-order valence-corrected chi connectivity index (χ2v) is 7.13. The normalized spacial score (nSPS) is 17.8. The smallest absolute Gasteiger partial charge is 0.199 e. The summed E-state index contributed by atoms with van der Waals surface area (Å²) in [5, 5.41) is 3.49. The summed E-state index contributed by atoms with van der Waals surface area (Å²) < 4.78 is 5.72. The fraction of sp³-hybridized carbons (Fsp3) is 0.571. The average molecular weight is 359 g/mol. The van der Waals surface area contributed by atoms with E-state index in [2.05, 4.69) is 37.1 Å². The van der Waals surface area contributed by atoms with Crippen LogP contribution in [0.2, 0.25) is 0 Å². The van der Waals surface area contributed by atoms with Gasteiger partial charge in [0.15, 0.2) is 5.96 Å². The second-order valence-electron chi connectivity index (χ2n) is 7.13. The third-order valence-corrected chi connectivity index (χ3v) is 4.55. The highest BCUT2D eigenvalue weighted by molar-refractivity contribution is 5.83. The number of piperidine rings is 1. The summed E-state index contributed by atoms with van der Waals surface area (Å²) >= 11 is 0. The largest absolute Gasteiger partial charge is 0.490 e. The minimum absolute atomic E-state index is 0.513. The Morgan fingerprint density at radius 3 is 2.73 bits per heavy atom. The number of rotatable bonds is 7. The van der Waals surface area contributed by atoms with E-state index in [0.717, 1.165) is 36.9 Å². The van der Waals surface area contributed by atoms with Crippen LogP contribution in [-0.4, -0.2) is 43.1 Å². The third kappa shape index (κ3) is 6.71. The van der Waals surface area contributed by atoms with Crippen LogP contribution in [-0.2, 0) is 0 Å². The maximum atomic E-state index is 5.72. The van der Waals surface area contributed by atoms with E-state index < -0.39 is 0 Å². The Morgan fingerprint density at radius 1 is 1.31 bits per heavy atom. The molecule has 5 nitrogen and oxygen atoms in total. The van der Waals surface area contributed by atoms with Crippen molar-refractivity contribution in [3.05, 3.63) is 35.9 Å². The molecule has 0 amide bonds. The standard InChI is InChI=1S/C21H34N4O/c1-17(2)12-16-26-20-10-8-19(9-11-20)24-21(23-14-6-13-22)25-15-5-4-7-18(25)3/h8-12,18H,4-7,13-16,22H2,1-3H3,(H,23,24). The van der Waals surface area contributed by atoms with Crippen LogP contribution >= 0.6 is 0 Å². The maximum Gasteiger partial charge on any atom is 0.199 e. The van der Waals surface area contributed by atoms with Gasteiger partial charge in [0.2, 0.25) is 0 Å². The molecule has 5 heteroatoms. The molecule has 1 unspecified atom stereocenters. The Balaban J connectivity index is 2.07. The molecule has 26 heavy (non-hydrogen) atoms. The Bertz CT molecular complexity index is 591. The first-order chi connectivity index (χ1) is 12.6. The topological polar surface area (TPSA) is 62.9 Å². The van der Waals surface area contributed by atoms with Gasteiger partial charge in [0.05, 0.1) is 5.69 Å². The minimum atomic E-state index is 0.513. The fourth-order valence-corrected chi connectivity index (χ4v) is 2.96. The lowest BCUT2D eigenvalue weighted by molar-refractivity contribution is 0.251. The molecular weight excluding hydrogens is 324 g/mol. The number of hydrogen-bond acceptors (Lipinski definition) is 3. The van der Waals surface area contributed by atoms with Gasteiger partial charge in [-0.25, -0.2) is 4.99 Å². The molecule has 1 saturated heterocycles. The molecule has 0 spiro atoms. The van der Waals surface area contributed by atoms with Crippen LogP contribution in [0.1, 0.15) is 46.5 Å². The Hall–Kier alpha value is -2.01. The number of aliphatic imine (C=N–C) groups is 1. The van der Waals surface area contributed by atoms with Gasteiger partial charge in [0.25, 0.3) is 0 Å². The van der Waals surface area contributed by atoms with Gasteiger partial charge < -0.3 is 20.7 Å². The first kappa shape index (κ1) is 20.3. The molecule has 2 rings (SSSR count). The van der Waals surface area contributed by atoms with Crippen molar-refractivity contribution in [3.8, 4) is 5.75 Å². The molecule has 1 aliphatic rings. The first-order valence-corrected chi connectivity index (χ1v) is 9.75. The summed E-state index contributed by atoms with van der Waals surface area (Å²) in [6.07, 6.45) is 6.75. The predicted octanol–water partition coefficient (Wildman–Crippen LogP) is 3.83. The number of nitrogens with one attached hydrogen (secondary N) is 1. The molecule has 0 bridgehead atoms. The van der Waals surface area contributed by atoms with Gasteiger partial charge in [0.1, 0.15) is 12.4 Å². The van der Waals surface area contributed by atoms with Gasteiger partial charge in [-0.3, -0.25) is 0 Å². The summed E-state index contributed by atoms with van der Waals surface area (Å²) in [6.45, 7) is 9.61. The molecule has 3 N–H and O–H groups in total. The lowest BCUT2D eigenvalue weighted by Crippen LogP contribution is -2.48. The van der Waals surface area contributed by atoms with E-state index in [0.29, 0.717) is 19.2 Å². The number of allylic oxidation sites excluding steroid dienone is 1. The highest BCUT2D eigenvalue weighted by Crippen LogP contribution is 2.21. The van der Waals surface area contributed by atoms with Crippen LogP contribution in [0.3, 0.4) is 0 Å². The SMILES string of the molecule is CC(C)=CCOc1ccc(/N=C(\NCCCN)N2CCCCC2C)cc1. The summed E-state index contributed by atoms with van der Waals surface area (Å²) in [6, 6.07) is 8.50. The van der Waals surface area contributed by atoms with Crippen molar-refractivity contribution in [1.29, 1.82) is 0 Å². The highest BCUT2D eigenvalue weighted by atomic mass is 16.5. The first-order valence-electron chi connectivity index (χ1n) is 9.75. The average Bonchev–Trinajstić information content (AvgIpc) is 2.63. The van der Waals surface area contributed by atoms with Crippen LogP contribution in [0.15, 0.2) is 40.9 Å². The Morgan fingerprint density at radius 2 is 2.08 bits per heavy atom. The quantitative estimate of drug-likeness (QED) is 0.336. The van der Waals surface area contributed by atoms with Gasteiger partial charge in [-0.1, -0.05) is 5.57 Å². The molecule has 0 aromatic heterocycles. The van der Waals surface area contributed by atoms with E-state index >= 15 is 0 Å². The van der Waals surface area contributed by atoms with Crippen molar-refractivity contribution >= 4 is 11.6 Å². The van der Waals surface area contributed by atoms with Gasteiger partial charge in [-0.15, -0.1) is 0 Å². The summed E-state index contributed by atoms with van der Waals surface area (Å²) in [4.78, 5) is 7.27. The van der Waals surface area contributed by atoms with Crippen LogP contribution in [0.5, 0.6) is 5.75 Å². The number of ether oxygens (including phenoxy) is 1. The molecule has 144 valence electrons. The third-order valence-electron chi connectivity index (χ3n) is 4.55. The maximum absolute atomic E-state index is 5.72. The number of hydrogen-bond donors (Lipinski definition) is 2. The molecule has 1 fully saturated rings. The molecule has 1 aliphatic heterocycles. The van der Waals surface area contributed by atoms with Crippen LogP contribution in [0, 0.1) is 0 Å².